The number of carbonyl (C=O) groups is 1. The Morgan fingerprint density at radius 3 is 2.33 bits per heavy atom. The van der Waals surface area contributed by atoms with E-state index in [-0.39, 0.29) is 17.2 Å². The van der Waals surface area contributed by atoms with Crippen LogP contribution >= 0.6 is 15.9 Å². The van der Waals surface area contributed by atoms with Gasteiger partial charge in [-0.25, -0.2) is 0 Å². The van der Waals surface area contributed by atoms with E-state index in [9.17, 15) is 26.4 Å². The van der Waals surface area contributed by atoms with Crippen molar-refractivity contribution in [3.05, 3.63) is 40.4 Å². The minimum absolute atomic E-state index is 0.246. The predicted molar refractivity (Wildman–Crippen MR) is 72.6 cm³/mol. The fourth-order valence-electron chi connectivity index (χ4n) is 1.65. The van der Waals surface area contributed by atoms with Gasteiger partial charge in [-0.2, -0.15) is 21.6 Å². The van der Waals surface area contributed by atoms with Gasteiger partial charge in [0.15, 0.2) is 12.0 Å². The minimum atomic E-state index is -5.83. The lowest BCUT2D eigenvalue weighted by molar-refractivity contribution is -0.0500. The average molecular weight is 383 g/mol. The number of rotatable bonds is 3. The highest BCUT2D eigenvalue weighted by molar-refractivity contribution is 9.10. The topological polar surface area (TPSA) is 60.4 Å². The van der Waals surface area contributed by atoms with E-state index in [0.29, 0.717) is 9.86 Å². The van der Waals surface area contributed by atoms with E-state index in [4.69, 9.17) is 0 Å². The maximum Gasteiger partial charge on any atom is 0.534 e. The first-order valence-electron chi connectivity index (χ1n) is 5.34. The largest absolute Gasteiger partial charge is 0.534 e. The van der Waals surface area contributed by atoms with Crippen molar-refractivity contribution in [2.75, 3.05) is 0 Å². The van der Waals surface area contributed by atoms with Crippen molar-refractivity contribution in [1.82, 2.24) is 0 Å². The molecule has 0 aliphatic carbocycles. The second-order valence-electron chi connectivity index (χ2n) is 3.94. The first-order valence-corrected chi connectivity index (χ1v) is 7.54. The van der Waals surface area contributed by atoms with Crippen molar-refractivity contribution in [3.63, 3.8) is 0 Å². The third-order valence-corrected chi connectivity index (χ3v) is 4.05. The molecule has 0 N–H and O–H groups in total. The van der Waals surface area contributed by atoms with Gasteiger partial charge in [-0.15, -0.1) is 0 Å². The summed E-state index contributed by atoms with van der Waals surface area (Å²) in [6.45, 7) is 0. The van der Waals surface area contributed by atoms with E-state index in [0.717, 1.165) is 6.07 Å². The Morgan fingerprint density at radius 1 is 1.14 bits per heavy atom. The van der Waals surface area contributed by atoms with Gasteiger partial charge in [-0.1, -0.05) is 28.1 Å². The third-order valence-electron chi connectivity index (χ3n) is 2.59. The van der Waals surface area contributed by atoms with Gasteiger partial charge >= 0.3 is 15.6 Å². The van der Waals surface area contributed by atoms with Gasteiger partial charge < -0.3 is 4.18 Å². The summed E-state index contributed by atoms with van der Waals surface area (Å²) in [5.41, 5.74) is -5.85. The Balaban J connectivity index is 2.63. The van der Waals surface area contributed by atoms with Gasteiger partial charge in [0.05, 0.1) is 5.56 Å². The van der Waals surface area contributed by atoms with Crippen molar-refractivity contribution < 1.29 is 30.6 Å². The molecular weight excluding hydrogens is 377 g/mol. The minimum Gasteiger partial charge on any atom is -0.375 e. The highest BCUT2D eigenvalue weighted by Crippen LogP contribution is 2.33. The van der Waals surface area contributed by atoms with E-state index in [1.165, 1.54) is 12.1 Å². The number of fused-ring (bicyclic) bond motifs is 1. The molecule has 0 spiro atoms. The molecule has 0 bridgehead atoms. The number of aldehydes is 1. The molecule has 0 saturated carbocycles. The molecule has 4 nitrogen and oxygen atoms in total. The van der Waals surface area contributed by atoms with Crippen LogP contribution in [0.2, 0.25) is 0 Å². The Bertz CT molecular complexity index is 815. The second-order valence-corrected chi connectivity index (χ2v) is 6.40. The van der Waals surface area contributed by atoms with Crippen LogP contribution in [0.15, 0.2) is 34.8 Å². The van der Waals surface area contributed by atoms with Crippen LogP contribution in [0.3, 0.4) is 0 Å². The Morgan fingerprint density at radius 2 is 1.76 bits per heavy atom. The van der Waals surface area contributed by atoms with Crippen molar-refractivity contribution in [3.8, 4) is 5.75 Å². The average Bonchev–Trinajstić information content (AvgIpc) is 2.36. The molecule has 0 amide bonds. The maximum absolute atomic E-state index is 12.3. The summed E-state index contributed by atoms with van der Waals surface area (Å²) in [6.07, 6.45) is 0.246. The van der Waals surface area contributed by atoms with E-state index < -0.39 is 21.4 Å². The van der Waals surface area contributed by atoms with Gasteiger partial charge in [-0.05, 0) is 29.0 Å². The molecule has 112 valence electrons. The van der Waals surface area contributed by atoms with Crippen LogP contribution in [-0.4, -0.2) is 20.2 Å². The summed E-state index contributed by atoms with van der Waals surface area (Å²) in [4.78, 5) is 11.1. The fraction of sp³-hybridized carbons (Fsp3) is 0.0833. The molecule has 2 aromatic rings. The standard InChI is InChI=1S/C12H6BrF3O4S/c13-8-3-1-7-2-4-11(10(6-17)9(7)5-8)20-21(18,19)12(14,15)16/h1-6H. The van der Waals surface area contributed by atoms with Crippen molar-refractivity contribution in [2.45, 2.75) is 5.51 Å². The van der Waals surface area contributed by atoms with Crippen LogP contribution in [0.25, 0.3) is 10.8 Å². The summed E-state index contributed by atoms with van der Waals surface area (Å²) in [5, 5.41) is 0.825. The monoisotopic (exact) mass is 382 g/mol. The maximum atomic E-state index is 12.3. The van der Waals surface area contributed by atoms with Crippen molar-refractivity contribution in [1.29, 1.82) is 0 Å². The zero-order valence-electron chi connectivity index (χ0n) is 10.0. The fourth-order valence-corrected chi connectivity index (χ4v) is 2.49. The lowest BCUT2D eigenvalue weighted by atomic mass is 10.0. The molecule has 2 rings (SSSR count). The van der Waals surface area contributed by atoms with E-state index in [1.807, 2.05) is 0 Å². The Labute approximate surface area is 125 Å². The molecule has 9 heteroatoms. The molecule has 21 heavy (non-hydrogen) atoms. The summed E-state index contributed by atoms with van der Waals surface area (Å²) in [6, 6.07) is 7.13. The van der Waals surface area contributed by atoms with Crippen LogP contribution in [-0.2, 0) is 10.1 Å². The lowest BCUT2D eigenvalue weighted by Gasteiger charge is -2.12. The number of benzene rings is 2. The Hall–Kier alpha value is -1.61. The molecule has 0 unspecified atom stereocenters. The second kappa shape index (κ2) is 5.30. The van der Waals surface area contributed by atoms with Crippen LogP contribution in [0.4, 0.5) is 13.2 Å². The van der Waals surface area contributed by atoms with Gasteiger partial charge in [0.1, 0.15) is 0 Å². The zero-order valence-corrected chi connectivity index (χ0v) is 12.4. The van der Waals surface area contributed by atoms with E-state index in [2.05, 4.69) is 20.1 Å². The first kappa shape index (κ1) is 15.8. The normalized spacial score (nSPS) is 12.4. The van der Waals surface area contributed by atoms with Crippen LogP contribution in [0.1, 0.15) is 10.4 Å². The number of hydrogen-bond acceptors (Lipinski definition) is 4. The van der Waals surface area contributed by atoms with Gasteiger partial charge in [0.25, 0.3) is 0 Å². The number of hydrogen-bond donors (Lipinski definition) is 0. The highest BCUT2D eigenvalue weighted by atomic mass is 79.9. The molecule has 2 aromatic carbocycles. The number of alkyl halides is 3. The summed E-state index contributed by atoms with van der Waals surface area (Å²) in [7, 11) is -5.83. The van der Waals surface area contributed by atoms with Crippen LogP contribution < -0.4 is 4.18 Å². The van der Waals surface area contributed by atoms with Crippen LogP contribution in [0.5, 0.6) is 5.75 Å². The lowest BCUT2D eigenvalue weighted by Crippen LogP contribution is -2.28. The van der Waals surface area contributed by atoms with Gasteiger partial charge in [0.2, 0.25) is 0 Å². The first-order chi connectivity index (χ1) is 9.65. The van der Waals surface area contributed by atoms with E-state index >= 15 is 0 Å². The van der Waals surface area contributed by atoms with Crippen molar-refractivity contribution >= 4 is 43.1 Å². The molecule has 0 aliphatic heterocycles. The summed E-state index contributed by atoms with van der Waals surface area (Å²) in [5.74, 6) is -0.673. The highest BCUT2D eigenvalue weighted by Gasteiger charge is 2.48. The summed E-state index contributed by atoms with van der Waals surface area (Å²) >= 11 is 3.16. The predicted octanol–water partition coefficient (Wildman–Crippen LogP) is 3.64. The van der Waals surface area contributed by atoms with Crippen LogP contribution in [0, 0.1) is 0 Å². The van der Waals surface area contributed by atoms with E-state index in [1.54, 1.807) is 12.1 Å². The number of carbonyl (C=O) groups excluding carboxylic acids is 1. The smallest absolute Gasteiger partial charge is 0.375 e. The molecule has 0 heterocycles. The molecule has 0 saturated heterocycles. The molecule has 0 atom stereocenters. The quantitative estimate of drug-likeness (QED) is 0.461. The van der Waals surface area contributed by atoms with Gasteiger partial charge in [0, 0.05) is 4.47 Å². The Kier molecular flexibility index (Phi) is 3.98. The molecule has 0 radical (unpaired) electrons. The molecule has 0 fully saturated rings. The summed E-state index contributed by atoms with van der Waals surface area (Å²) < 4.78 is 63.6. The third kappa shape index (κ3) is 3.03. The number of halogens is 4. The van der Waals surface area contributed by atoms with Gasteiger partial charge in [-0.3, -0.25) is 4.79 Å². The zero-order chi connectivity index (χ0) is 15.8. The molecular formula is C12H6BrF3O4S. The molecule has 0 aromatic heterocycles. The molecule has 0 aliphatic rings. The SMILES string of the molecule is O=Cc1c(OS(=O)(=O)C(F)(F)F)ccc2ccc(Br)cc12. The van der Waals surface area contributed by atoms with Crippen molar-refractivity contribution in [2.24, 2.45) is 0 Å².